The molecule has 1 saturated heterocycles. The van der Waals surface area contributed by atoms with Gasteiger partial charge in [-0.05, 0) is 54.8 Å². The highest BCUT2D eigenvalue weighted by Gasteiger charge is 2.23. The van der Waals surface area contributed by atoms with Gasteiger partial charge in [-0.3, -0.25) is 4.79 Å². The number of aromatic carboxylic acids is 1. The number of rotatable bonds is 6. The van der Waals surface area contributed by atoms with Crippen LogP contribution in [0.3, 0.4) is 0 Å². The molecule has 2 aromatic rings. The van der Waals surface area contributed by atoms with E-state index in [4.69, 9.17) is 9.84 Å². The molecule has 0 bridgehead atoms. The second-order valence-corrected chi connectivity index (χ2v) is 5.93. The molecule has 0 spiro atoms. The number of benzene rings is 2. The molecule has 3 N–H and O–H groups in total. The SMILES string of the molecule is O=C(O)c1cccc(CNc2ccc(NC(=O)C3CCCO3)cc2)c1. The molecule has 1 fully saturated rings. The first-order valence-electron chi connectivity index (χ1n) is 8.20. The lowest BCUT2D eigenvalue weighted by molar-refractivity contribution is -0.124. The van der Waals surface area contributed by atoms with Crippen molar-refractivity contribution >= 4 is 23.3 Å². The third kappa shape index (κ3) is 4.58. The van der Waals surface area contributed by atoms with E-state index < -0.39 is 5.97 Å². The van der Waals surface area contributed by atoms with Gasteiger partial charge < -0.3 is 20.5 Å². The Hall–Kier alpha value is -2.86. The lowest BCUT2D eigenvalue weighted by Crippen LogP contribution is -2.26. The minimum Gasteiger partial charge on any atom is -0.478 e. The fourth-order valence-corrected chi connectivity index (χ4v) is 2.70. The molecule has 1 aliphatic heterocycles. The predicted octanol–water partition coefficient (Wildman–Crippen LogP) is 3.11. The van der Waals surface area contributed by atoms with E-state index >= 15 is 0 Å². The fraction of sp³-hybridized carbons (Fsp3) is 0.263. The number of carboxylic acids is 1. The zero-order chi connectivity index (χ0) is 17.6. The maximum atomic E-state index is 12.0. The highest BCUT2D eigenvalue weighted by atomic mass is 16.5. The second-order valence-electron chi connectivity index (χ2n) is 5.93. The van der Waals surface area contributed by atoms with Crippen LogP contribution in [0.1, 0.15) is 28.8 Å². The van der Waals surface area contributed by atoms with Crippen molar-refractivity contribution in [2.24, 2.45) is 0 Å². The van der Waals surface area contributed by atoms with Crippen molar-refractivity contribution in [2.75, 3.05) is 17.2 Å². The first-order valence-corrected chi connectivity index (χ1v) is 8.20. The van der Waals surface area contributed by atoms with Crippen LogP contribution in [0.25, 0.3) is 0 Å². The van der Waals surface area contributed by atoms with E-state index in [9.17, 15) is 9.59 Å². The average Bonchev–Trinajstić information content (AvgIpc) is 3.16. The van der Waals surface area contributed by atoms with Crippen LogP contribution in [-0.4, -0.2) is 29.7 Å². The van der Waals surface area contributed by atoms with Crippen molar-refractivity contribution in [3.05, 3.63) is 59.7 Å². The van der Waals surface area contributed by atoms with Gasteiger partial charge in [0.05, 0.1) is 5.56 Å². The molecular formula is C19H20N2O4. The number of carbonyl (C=O) groups excluding carboxylic acids is 1. The molecular weight excluding hydrogens is 320 g/mol. The smallest absolute Gasteiger partial charge is 0.335 e. The van der Waals surface area contributed by atoms with Crippen LogP contribution in [0.5, 0.6) is 0 Å². The summed E-state index contributed by atoms with van der Waals surface area (Å²) < 4.78 is 5.36. The second kappa shape index (κ2) is 7.81. The first-order chi connectivity index (χ1) is 12.1. The normalized spacial score (nSPS) is 16.4. The van der Waals surface area contributed by atoms with Gasteiger partial charge in [0.2, 0.25) is 0 Å². The van der Waals surface area contributed by atoms with Crippen molar-refractivity contribution in [2.45, 2.75) is 25.5 Å². The largest absolute Gasteiger partial charge is 0.478 e. The number of carboxylic acid groups (broad SMARTS) is 1. The standard InChI is InChI=1S/C19H20N2O4/c22-18(17-5-2-10-25-17)21-16-8-6-15(7-9-16)20-12-13-3-1-4-14(11-13)19(23)24/h1,3-4,6-9,11,17,20H,2,5,10,12H2,(H,21,22)(H,23,24). The molecule has 0 aliphatic carbocycles. The topological polar surface area (TPSA) is 87.7 Å². The van der Waals surface area contributed by atoms with Crippen LogP contribution in [0, 0.1) is 0 Å². The summed E-state index contributed by atoms with van der Waals surface area (Å²) in [5.41, 5.74) is 2.76. The Balaban J connectivity index is 1.54. The van der Waals surface area contributed by atoms with Gasteiger partial charge in [-0.25, -0.2) is 4.79 Å². The summed E-state index contributed by atoms with van der Waals surface area (Å²) in [7, 11) is 0. The molecule has 1 unspecified atom stereocenters. The van der Waals surface area contributed by atoms with E-state index in [1.165, 1.54) is 0 Å². The maximum Gasteiger partial charge on any atom is 0.335 e. The zero-order valence-electron chi connectivity index (χ0n) is 13.7. The summed E-state index contributed by atoms with van der Waals surface area (Å²) in [6.45, 7) is 1.16. The molecule has 130 valence electrons. The van der Waals surface area contributed by atoms with Crippen LogP contribution < -0.4 is 10.6 Å². The molecule has 2 aromatic carbocycles. The third-order valence-electron chi connectivity index (χ3n) is 4.05. The van der Waals surface area contributed by atoms with E-state index in [-0.39, 0.29) is 17.6 Å². The van der Waals surface area contributed by atoms with Crippen molar-refractivity contribution in [3.8, 4) is 0 Å². The van der Waals surface area contributed by atoms with E-state index in [0.29, 0.717) is 13.2 Å². The molecule has 1 heterocycles. The van der Waals surface area contributed by atoms with Gasteiger partial charge in [0.25, 0.3) is 5.91 Å². The van der Waals surface area contributed by atoms with E-state index in [0.717, 1.165) is 29.8 Å². The Bertz CT molecular complexity index is 752. The van der Waals surface area contributed by atoms with Crippen LogP contribution in [-0.2, 0) is 16.1 Å². The van der Waals surface area contributed by atoms with Crippen LogP contribution >= 0.6 is 0 Å². The summed E-state index contributed by atoms with van der Waals surface area (Å²) in [6.07, 6.45) is 1.34. The van der Waals surface area contributed by atoms with Crippen LogP contribution in [0.15, 0.2) is 48.5 Å². The molecule has 0 aromatic heterocycles. The predicted molar refractivity (Wildman–Crippen MR) is 94.8 cm³/mol. The van der Waals surface area contributed by atoms with Crippen LogP contribution in [0.2, 0.25) is 0 Å². The summed E-state index contributed by atoms with van der Waals surface area (Å²) in [6, 6.07) is 14.2. The third-order valence-corrected chi connectivity index (χ3v) is 4.05. The molecule has 6 heteroatoms. The Morgan fingerprint density at radius 3 is 2.56 bits per heavy atom. The monoisotopic (exact) mass is 340 g/mol. The van der Waals surface area contributed by atoms with Gasteiger partial charge in [0.1, 0.15) is 6.10 Å². The van der Waals surface area contributed by atoms with Gasteiger partial charge in [-0.15, -0.1) is 0 Å². The highest BCUT2D eigenvalue weighted by Crippen LogP contribution is 2.18. The Labute approximate surface area is 145 Å². The number of nitrogens with one attached hydrogen (secondary N) is 2. The summed E-state index contributed by atoms with van der Waals surface area (Å²) >= 11 is 0. The van der Waals surface area contributed by atoms with Crippen molar-refractivity contribution < 1.29 is 19.4 Å². The van der Waals surface area contributed by atoms with Gasteiger partial charge in [0.15, 0.2) is 0 Å². The lowest BCUT2D eigenvalue weighted by atomic mass is 10.1. The van der Waals surface area contributed by atoms with E-state index in [1.807, 2.05) is 30.3 Å². The Kier molecular flexibility index (Phi) is 5.30. The zero-order valence-corrected chi connectivity index (χ0v) is 13.7. The molecule has 1 atom stereocenters. The molecule has 0 saturated carbocycles. The molecule has 3 rings (SSSR count). The molecule has 1 amide bonds. The quantitative estimate of drug-likeness (QED) is 0.752. The maximum absolute atomic E-state index is 12.0. The number of amides is 1. The van der Waals surface area contributed by atoms with Crippen molar-refractivity contribution in [1.82, 2.24) is 0 Å². The fourth-order valence-electron chi connectivity index (χ4n) is 2.70. The lowest BCUT2D eigenvalue weighted by Gasteiger charge is -2.11. The molecule has 1 aliphatic rings. The first kappa shape index (κ1) is 17.0. The van der Waals surface area contributed by atoms with Gasteiger partial charge in [-0.1, -0.05) is 12.1 Å². The number of hydrogen-bond acceptors (Lipinski definition) is 4. The number of carbonyl (C=O) groups is 2. The van der Waals surface area contributed by atoms with Crippen LogP contribution in [0.4, 0.5) is 11.4 Å². The summed E-state index contributed by atoms with van der Waals surface area (Å²) in [5.74, 6) is -1.04. The minimum absolute atomic E-state index is 0.108. The van der Waals surface area contributed by atoms with E-state index in [1.54, 1.807) is 18.2 Å². The van der Waals surface area contributed by atoms with Crippen molar-refractivity contribution in [1.29, 1.82) is 0 Å². The average molecular weight is 340 g/mol. The Morgan fingerprint density at radius 1 is 1.12 bits per heavy atom. The number of ether oxygens (including phenoxy) is 1. The summed E-state index contributed by atoms with van der Waals surface area (Å²) in [4.78, 5) is 23.0. The summed E-state index contributed by atoms with van der Waals surface area (Å²) in [5, 5.41) is 15.1. The molecule has 25 heavy (non-hydrogen) atoms. The van der Waals surface area contributed by atoms with Gasteiger partial charge in [-0.2, -0.15) is 0 Å². The number of anilines is 2. The number of hydrogen-bond donors (Lipinski definition) is 3. The van der Waals surface area contributed by atoms with E-state index in [2.05, 4.69) is 10.6 Å². The molecule has 0 radical (unpaired) electrons. The van der Waals surface area contributed by atoms with Gasteiger partial charge >= 0.3 is 5.97 Å². The Morgan fingerprint density at radius 2 is 1.88 bits per heavy atom. The minimum atomic E-state index is -0.937. The van der Waals surface area contributed by atoms with Crippen molar-refractivity contribution in [3.63, 3.8) is 0 Å². The highest BCUT2D eigenvalue weighted by molar-refractivity contribution is 5.94. The van der Waals surface area contributed by atoms with Gasteiger partial charge in [0, 0.05) is 24.5 Å². The molecule has 6 nitrogen and oxygen atoms in total.